The van der Waals surface area contributed by atoms with Gasteiger partial charge in [-0.3, -0.25) is 14.9 Å². The SMILES string of the molecule is Cc1onc(C(=O)NC[C@@H]2CCCO2)c1[N+](=O)[O-]. The zero-order valence-corrected chi connectivity index (χ0v) is 9.84. The van der Waals surface area contributed by atoms with Gasteiger partial charge in [0.2, 0.25) is 11.5 Å². The lowest BCUT2D eigenvalue weighted by molar-refractivity contribution is -0.386. The Balaban J connectivity index is 2.02. The van der Waals surface area contributed by atoms with Crippen LogP contribution in [0.5, 0.6) is 0 Å². The molecule has 98 valence electrons. The molecule has 1 aliphatic rings. The highest BCUT2D eigenvalue weighted by Gasteiger charge is 2.29. The van der Waals surface area contributed by atoms with E-state index >= 15 is 0 Å². The van der Waals surface area contributed by atoms with Crippen molar-refractivity contribution >= 4 is 11.6 Å². The summed E-state index contributed by atoms with van der Waals surface area (Å²) in [6, 6.07) is 0. The molecule has 1 atom stereocenters. The zero-order valence-electron chi connectivity index (χ0n) is 9.84. The van der Waals surface area contributed by atoms with Gasteiger partial charge in [-0.05, 0) is 12.8 Å². The Hall–Kier alpha value is -1.96. The molecule has 0 aromatic carbocycles. The van der Waals surface area contributed by atoms with Gasteiger partial charge >= 0.3 is 5.69 Å². The van der Waals surface area contributed by atoms with Crippen molar-refractivity contribution in [2.24, 2.45) is 0 Å². The van der Waals surface area contributed by atoms with E-state index in [9.17, 15) is 14.9 Å². The molecule has 1 aromatic rings. The van der Waals surface area contributed by atoms with E-state index in [0.29, 0.717) is 13.2 Å². The molecule has 0 radical (unpaired) electrons. The first-order chi connectivity index (χ1) is 8.59. The highest BCUT2D eigenvalue weighted by Crippen LogP contribution is 2.22. The summed E-state index contributed by atoms with van der Waals surface area (Å²) < 4.78 is 10.00. The smallest absolute Gasteiger partial charge is 0.344 e. The van der Waals surface area contributed by atoms with E-state index in [2.05, 4.69) is 15.0 Å². The number of carbonyl (C=O) groups is 1. The largest absolute Gasteiger partial charge is 0.376 e. The third-order valence-corrected chi connectivity index (χ3v) is 2.74. The fraction of sp³-hybridized carbons (Fsp3) is 0.600. The molecular formula is C10H13N3O5. The van der Waals surface area contributed by atoms with E-state index in [4.69, 9.17) is 4.74 Å². The van der Waals surface area contributed by atoms with Crippen molar-refractivity contribution in [2.75, 3.05) is 13.2 Å². The minimum atomic E-state index is -0.674. The average Bonchev–Trinajstić information content (AvgIpc) is 2.94. The van der Waals surface area contributed by atoms with Crippen LogP contribution in [-0.2, 0) is 4.74 Å². The summed E-state index contributed by atoms with van der Waals surface area (Å²) in [5.74, 6) is -0.601. The lowest BCUT2D eigenvalue weighted by Crippen LogP contribution is -2.32. The van der Waals surface area contributed by atoms with Crippen molar-refractivity contribution < 1.29 is 19.0 Å². The van der Waals surface area contributed by atoms with E-state index in [1.165, 1.54) is 6.92 Å². The Kier molecular flexibility index (Phi) is 3.56. The molecule has 2 heterocycles. The summed E-state index contributed by atoms with van der Waals surface area (Å²) in [6.07, 6.45) is 1.81. The van der Waals surface area contributed by atoms with Crippen molar-refractivity contribution in [3.05, 3.63) is 21.6 Å². The van der Waals surface area contributed by atoms with E-state index in [1.54, 1.807) is 0 Å². The van der Waals surface area contributed by atoms with Gasteiger partial charge < -0.3 is 14.6 Å². The van der Waals surface area contributed by atoms with Crippen LogP contribution in [0.2, 0.25) is 0 Å². The molecule has 0 aliphatic carbocycles. The summed E-state index contributed by atoms with van der Waals surface area (Å²) in [4.78, 5) is 21.8. The first kappa shape index (κ1) is 12.5. The Bertz CT molecular complexity index is 464. The molecule has 0 unspecified atom stereocenters. The normalized spacial score (nSPS) is 18.8. The summed E-state index contributed by atoms with van der Waals surface area (Å²) in [5, 5.41) is 16.7. The van der Waals surface area contributed by atoms with E-state index in [-0.39, 0.29) is 23.2 Å². The van der Waals surface area contributed by atoms with Gasteiger partial charge in [0, 0.05) is 20.1 Å². The van der Waals surface area contributed by atoms with Gasteiger partial charge in [0.15, 0.2) is 0 Å². The highest BCUT2D eigenvalue weighted by molar-refractivity contribution is 5.96. The number of aryl methyl sites for hydroxylation is 1. The molecule has 1 saturated heterocycles. The number of rotatable bonds is 4. The third-order valence-electron chi connectivity index (χ3n) is 2.74. The Morgan fingerprint density at radius 2 is 2.44 bits per heavy atom. The van der Waals surface area contributed by atoms with Gasteiger partial charge in [0.1, 0.15) is 0 Å². The van der Waals surface area contributed by atoms with Crippen LogP contribution < -0.4 is 5.32 Å². The van der Waals surface area contributed by atoms with Crippen molar-refractivity contribution in [3.8, 4) is 0 Å². The molecule has 0 spiro atoms. The summed E-state index contributed by atoms with van der Waals surface area (Å²) in [6.45, 7) is 2.40. The number of hydrogen-bond donors (Lipinski definition) is 1. The van der Waals surface area contributed by atoms with Crippen LogP contribution in [0.3, 0.4) is 0 Å². The van der Waals surface area contributed by atoms with Crippen molar-refractivity contribution in [2.45, 2.75) is 25.9 Å². The summed E-state index contributed by atoms with van der Waals surface area (Å²) in [5.41, 5.74) is -0.685. The van der Waals surface area contributed by atoms with Crippen LogP contribution in [0.15, 0.2) is 4.52 Å². The first-order valence-corrected chi connectivity index (χ1v) is 5.60. The van der Waals surface area contributed by atoms with Crippen LogP contribution in [0, 0.1) is 17.0 Å². The van der Waals surface area contributed by atoms with Crippen molar-refractivity contribution in [1.82, 2.24) is 10.5 Å². The Morgan fingerprint density at radius 1 is 1.67 bits per heavy atom. The zero-order chi connectivity index (χ0) is 13.1. The van der Waals surface area contributed by atoms with Crippen molar-refractivity contribution in [1.29, 1.82) is 0 Å². The molecule has 0 saturated carbocycles. The maximum absolute atomic E-state index is 11.7. The van der Waals surface area contributed by atoms with Gasteiger partial charge in [0.25, 0.3) is 5.91 Å². The second-order valence-electron chi connectivity index (χ2n) is 4.04. The summed E-state index contributed by atoms with van der Waals surface area (Å²) in [7, 11) is 0. The van der Waals surface area contributed by atoms with E-state index < -0.39 is 10.8 Å². The molecule has 1 aromatic heterocycles. The minimum absolute atomic E-state index is 0.0160. The van der Waals surface area contributed by atoms with Crippen LogP contribution in [0.4, 0.5) is 5.69 Å². The Labute approximate surface area is 102 Å². The fourth-order valence-electron chi connectivity index (χ4n) is 1.83. The number of ether oxygens (including phenoxy) is 1. The number of amides is 1. The van der Waals surface area contributed by atoms with Crippen LogP contribution in [-0.4, -0.2) is 35.2 Å². The topological polar surface area (TPSA) is 108 Å². The standard InChI is InChI=1S/C10H13N3O5/c1-6-9(13(15)16)8(12-18-6)10(14)11-5-7-3-2-4-17-7/h7H,2-5H2,1H3,(H,11,14)/t7-/m0/s1. The molecule has 1 aliphatic heterocycles. The quantitative estimate of drug-likeness (QED) is 0.629. The number of nitrogens with one attached hydrogen (secondary N) is 1. The molecular weight excluding hydrogens is 242 g/mol. The number of aromatic nitrogens is 1. The minimum Gasteiger partial charge on any atom is -0.376 e. The second kappa shape index (κ2) is 5.13. The maximum atomic E-state index is 11.7. The summed E-state index contributed by atoms with van der Waals surface area (Å²) >= 11 is 0. The fourth-order valence-corrected chi connectivity index (χ4v) is 1.83. The van der Waals surface area contributed by atoms with Gasteiger partial charge in [-0.25, -0.2) is 0 Å². The predicted octanol–water partition coefficient (Wildman–Crippen LogP) is 0.800. The molecule has 2 rings (SSSR count). The Morgan fingerprint density at radius 3 is 3.06 bits per heavy atom. The number of nitrogens with zero attached hydrogens (tertiary/aromatic N) is 2. The molecule has 0 bridgehead atoms. The molecule has 1 amide bonds. The van der Waals surface area contributed by atoms with Gasteiger partial charge in [-0.1, -0.05) is 5.16 Å². The van der Waals surface area contributed by atoms with E-state index in [0.717, 1.165) is 12.8 Å². The van der Waals surface area contributed by atoms with Crippen molar-refractivity contribution in [3.63, 3.8) is 0 Å². The molecule has 1 N–H and O–H groups in total. The van der Waals surface area contributed by atoms with Crippen LogP contribution >= 0.6 is 0 Å². The van der Waals surface area contributed by atoms with Gasteiger partial charge in [0.05, 0.1) is 11.0 Å². The molecule has 18 heavy (non-hydrogen) atoms. The third kappa shape index (κ3) is 2.48. The average molecular weight is 255 g/mol. The number of nitro groups is 1. The first-order valence-electron chi connectivity index (χ1n) is 5.60. The van der Waals surface area contributed by atoms with Gasteiger partial charge in [-0.2, -0.15) is 0 Å². The predicted molar refractivity (Wildman–Crippen MR) is 59.2 cm³/mol. The van der Waals surface area contributed by atoms with Crippen LogP contribution in [0.25, 0.3) is 0 Å². The van der Waals surface area contributed by atoms with Crippen LogP contribution in [0.1, 0.15) is 29.1 Å². The molecule has 8 heteroatoms. The lowest BCUT2D eigenvalue weighted by Gasteiger charge is -2.09. The monoisotopic (exact) mass is 255 g/mol. The number of carbonyl (C=O) groups excluding carboxylic acids is 1. The molecule has 1 fully saturated rings. The maximum Gasteiger partial charge on any atom is 0.344 e. The molecule has 8 nitrogen and oxygen atoms in total. The van der Waals surface area contributed by atoms with E-state index in [1.807, 2.05) is 0 Å². The highest BCUT2D eigenvalue weighted by atomic mass is 16.6. The lowest BCUT2D eigenvalue weighted by atomic mass is 10.2. The van der Waals surface area contributed by atoms with Gasteiger partial charge in [-0.15, -0.1) is 0 Å². The second-order valence-corrected chi connectivity index (χ2v) is 4.04. The number of hydrogen-bond acceptors (Lipinski definition) is 6.